The third-order valence-electron chi connectivity index (χ3n) is 2.96. The van der Waals surface area contributed by atoms with Crippen LogP contribution in [-0.4, -0.2) is 5.75 Å². The molecule has 2 heteroatoms. The summed E-state index contributed by atoms with van der Waals surface area (Å²) in [6, 6.07) is 18.4. The van der Waals surface area contributed by atoms with Gasteiger partial charge in [-0.15, -0.1) is 0 Å². The van der Waals surface area contributed by atoms with Crippen LogP contribution in [-0.2, 0) is 6.61 Å². The van der Waals surface area contributed by atoms with Gasteiger partial charge in [-0.2, -0.15) is 12.6 Å². The zero-order valence-electron chi connectivity index (χ0n) is 14.5. The molecule has 0 spiro atoms. The molecule has 2 aromatic carbocycles. The topological polar surface area (TPSA) is 9.23 Å². The van der Waals surface area contributed by atoms with Gasteiger partial charge in [0.2, 0.25) is 0 Å². The lowest BCUT2D eigenvalue weighted by Gasteiger charge is -2.15. The molecule has 1 unspecified atom stereocenters. The number of rotatable bonds is 5. The van der Waals surface area contributed by atoms with Crippen molar-refractivity contribution in [2.45, 2.75) is 47.1 Å². The Morgan fingerprint density at radius 2 is 1.41 bits per heavy atom. The van der Waals surface area contributed by atoms with Gasteiger partial charge in [-0.25, -0.2) is 0 Å². The molecule has 0 saturated carbocycles. The summed E-state index contributed by atoms with van der Waals surface area (Å²) in [5.41, 5.74) is 2.41. The summed E-state index contributed by atoms with van der Waals surface area (Å²) in [7, 11) is 0. The van der Waals surface area contributed by atoms with E-state index in [0.717, 1.165) is 11.5 Å². The van der Waals surface area contributed by atoms with E-state index in [9.17, 15) is 0 Å². The molecule has 0 N–H and O–H groups in total. The van der Waals surface area contributed by atoms with Gasteiger partial charge in [0, 0.05) is 0 Å². The van der Waals surface area contributed by atoms with Gasteiger partial charge in [0.15, 0.2) is 0 Å². The van der Waals surface area contributed by atoms with Crippen LogP contribution in [0.25, 0.3) is 0 Å². The van der Waals surface area contributed by atoms with E-state index in [1.165, 1.54) is 11.1 Å². The number of benzene rings is 2. The van der Waals surface area contributed by atoms with Crippen molar-refractivity contribution in [3.63, 3.8) is 0 Å². The van der Waals surface area contributed by atoms with E-state index in [4.69, 9.17) is 4.74 Å². The number of hydrogen-bond donors (Lipinski definition) is 1. The molecule has 0 radical (unpaired) electrons. The molecule has 0 aromatic heterocycles. The molecular weight excluding hydrogens is 288 g/mol. The van der Waals surface area contributed by atoms with Gasteiger partial charge < -0.3 is 4.74 Å². The lowest BCUT2D eigenvalue weighted by molar-refractivity contribution is 0.302. The third kappa shape index (κ3) is 7.04. The molecule has 0 fully saturated rings. The summed E-state index contributed by atoms with van der Waals surface area (Å²) >= 11 is 4.36. The van der Waals surface area contributed by atoms with Crippen molar-refractivity contribution in [3.05, 3.63) is 65.7 Å². The Kier molecular flexibility index (Phi) is 12.4. The molecule has 0 bridgehead atoms. The van der Waals surface area contributed by atoms with Crippen molar-refractivity contribution in [1.82, 2.24) is 0 Å². The smallest absolute Gasteiger partial charge is 0.123 e. The van der Waals surface area contributed by atoms with Crippen LogP contribution in [0.2, 0.25) is 0 Å². The maximum absolute atomic E-state index is 5.91. The van der Waals surface area contributed by atoms with E-state index >= 15 is 0 Å². The van der Waals surface area contributed by atoms with Crippen LogP contribution in [0.4, 0.5) is 0 Å². The maximum Gasteiger partial charge on any atom is 0.123 e. The molecule has 2 rings (SSSR count). The highest BCUT2D eigenvalue weighted by Crippen LogP contribution is 2.27. The molecule has 0 saturated heterocycles. The standard InChI is InChI=1S/C16H18OS.2C2H6/c1-13(12-18)15-9-5-6-10-16(15)17-11-14-7-3-2-4-8-14;2*1-2/h2-10,13,18H,11-12H2,1H3;2*1-2H3. The van der Waals surface area contributed by atoms with E-state index in [2.05, 4.69) is 37.8 Å². The molecule has 0 aliphatic carbocycles. The first kappa shape index (κ1) is 20.6. The van der Waals surface area contributed by atoms with Crippen LogP contribution in [0.5, 0.6) is 5.75 Å². The average Bonchev–Trinajstić information content (AvgIpc) is 2.64. The second kappa shape index (κ2) is 13.3. The van der Waals surface area contributed by atoms with E-state index in [1.54, 1.807) is 0 Å². The molecule has 22 heavy (non-hydrogen) atoms. The van der Waals surface area contributed by atoms with Crippen molar-refractivity contribution in [3.8, 4) is 5.75 Å². The van der Waals surface area contributed by atoms with Crippen LogP contribution in [0.3, 0.4) is 0 Å². The average molecular weight is 319 g/mol. The Hall–Kier alpha value is -1.41. The number of ether oxygens (including phenoxy) is 1. The van der Waals surface area contributed by atoms with E-state index in [-0.39, 0.29) is 0 Å². The van der Waals surface area contributed by atoms with Gasteiger partial charge in [0.1, 0.15) is 12.4 Å². The fourth-order valence-electron chi connectivity index (χ4n) is 1.85. The lowest BCUT2D eigenvalue weighted by atomic mass is 10.0. The van der Waals surface area contributed by atoms with Crippen molar-refractivity contribution in [2.75, 3.05) is 5.75 Å². The van der Waals surface area contributed by atoms with Crippen molar-refractivity contribution < 1.29 is 4.74 Å². The normalized spacial score (nSPS) is 10.5. The largest absolute Gasteiger partial charge is 0.489 e. The van der Waals surface area contributed by atoms with Crippen molar-refractivity contribution in [1.29, 1.82) is 0 Å². The Bertz CT molecular complexity index is 482. The number of thiol groups is 1. The summed E-state index contributed by atoms with van der Waals surface area (Å²) in [6.45, 7) is 10.8. The predicted molar refractivity (Wildman–Crippen MR) is 102 cm³/mol. The Morgan fingerprint density at radius 3 is 2.00 bits per heavy atom. The van der Waals surface area contributed by atoms with Gasteiger partial charge in [0.05, 0.1) is 0 Å². The summed E-state index contributed by atoms with van der Waals surface area (Å²) < 4.78 is 5.91. The van der Waals surface area contributed by atoms with Gasteiger partial charge in [-0.3, -0.25) is 0 Å². The van der Waals surface area contributed by atoms with Crippen LogP contribution < -0.4 is 4.74 Å². The fourth-order valence-corrected chi connectivity index (χ4v) is 2.05. The summed E-state index contributed by atoms with van der Waals surface area (Å²) in [6.07, 6.45) is 0. The van der Waals surface area contributed by atoms with Crippen LogP contribution in [0.1, 0.15) is 51.7 Å². The minimum absolute atomic E-state index is 0.403. The minimum atomic E-state index is 0.403. The highest BCUT2D eigenvalue weighted by molar-refractivity contribution is 7.80. The summed E-state index contributed by atoms with van der Waals surface area (Å²) in [5, 5.41) is 0. The highest BCUT2D eigenvalue weighted by atomic mass is 32.1. The molecule has 0 amide bonds. The number of hydrogen-bond acceptors (Lipinski definition) is 2. The molecule has 1 atom stereocenters. The van der Waals surface area contributed by atoms with Crippen LogP contribution in [0.15, 0.2) is 54.6 Å². The number of para-hydroxylation sites is 1. The van der Waals surface area contributed by atoms with Gasteiger partial charge >= 0.3 is 0 Å². The maximum atomic E-state index is 5.91. The van der Waals surface area contributed by atoms with E-state index < -0.39 is 0 Å². The molecule has 122 valence electrons. The van der Waals surface area contributed by atoms with Gasteiger partial charge in [-0.1, -0.05) is 83.1 Å². The molecule has 0 heterocycles. The SMILES string of the molecule is CC.CC.CC(CS)c1ccccc1OCc1ccccc1. The van der Waals surface area contributed by atoms with E-state index in [1.807, 2.05) is 64.1 Å². The molecule has 1 nitrogen and oxygen atoms in total. The Labute approximate surface area is 142 Å². The zero-order chi connectivity index (χ0) is 16.8. The summed E-state index contributed by atoms with van der Waals surface area (Å²) in [5.74, 6) is 2.19. The molecule has 0 aliphatic heterocycles. The Balaban J connectivity index is 0.00000102. The second-order valence-electron chi connectivity index (χ2n) is 4.40. The van der Waals surface area contributed by atoms with Gasteiger partial charge in [-0.05, 0) is 28.9 Å². The second-order valence-corrected chi connectivity index (χ2v) is 4.76. The van der Waals surface area contributed by atoms with Crippen LogP contribution in [0, 0.1) is 0 Å². The minimum Gasteiger partial charge on any atom is -0.489 e. The summed E-state index contributed by atoms with van der Waals surface area (Å²) in [4.78, 5) is 0. The zero-order valence-corrected chi connectivity index (χ0v) is 15.4. The first-order valence-electron chi connectivity index (χ1n) is 8.17. The third-order valence-corrected chi connectivity index (χ3v) is 3.51. The van der Waals surface area contributed by atoms with E-state index in [0.29, 0.717) is 12.5 Å². The first-order chi connectivity index (χ1) is 10.8. The van der Waals surface area contributed by atoms with Gasteiger partial charge in [0.25, 0.3) is 0 Å². The lowest BCUT2D eigenvalue weighted by Crippen LogP contribution is -2.02. The molecule has 0 aliphatic rings. The first-order valence-corrected chi connectivity index (χ1v) is 8.81. The monoisotopic (exact) mass is 318 g/mol. The van der Waals surface area contributed by atoms with Crippen molar-refractivity contribution in [2.24, 2.45) is 0 Å². The fraction of sp³-hybridized carbons (Fsp3) is 0.400. The Morgan fingerprint density at radius 1 is 0.864 bits per heavy atom. The predicted octanol–water partition coefficient (Wildman–Crippen LogP) is 6.35. The molecular formula is C20H30OS. The highest BCUT2D eigenvalue weighted by Gasteiger charge is 2.09. The molecule has 2 aromatic rings. The van der Waals surface area contributed by atoms with Crippen LogP contribution >= 0.6 is 12.6 Å². The van der Waals surface area contributed by atoms with Crippen molar-refractivity contribution >= 4 is 12.6 Å². The quantitative estimate of drug-likeness (QED) is 0.632.